The molecule has 0 aliphatic carbocycles. The minimum absolute atomic E-state index is 0.00149. The maximum Gasteiger partial charge on any atom is 0.356 e. The number of methoxy groups -OCH3 is 1. The third-order valence-corrected chi connectivity index (χ3v) is 4.70. The fourth-order valence-electron chi connectivity index (χ4n) is 3.04. The van der Waals surface area contributed by atoms with Crippen molar-refractivity contribution >= 4 is 23.5 Å². The lowest BCUT2D eigenvalue weighted by Crippen LogP contribution is -2.17. The molecule has 8 heteroatoms. The second kappa shape index (κ2) is 13.2. The van der Waals surface area contributed by atoms with Crippen molar-refractivity contribution in [2.45, 2.75) is 58.3 Å². The average molecular weight is 429 g/mol. The van der Waals surface area contributed by atoms with Crippen LogP contribution in [0.1, 0.15) is 79.3 Å². The normalized spacial score (nSPS) is 10.5. The number of hydrogen-bond donors (Lipinski definition) is 2. The van der Waals surface area contributed by atoms with Crippen molar-refractivity contribution in [1.29, 1.82) is 0 Å². The number of carbonyl (C=O) groups excluding carboxylic acids is 2. The van der Waals surface area contributed by atoms with E-state index in [1.54, 1.807) is 18.2 Å². The van der Waals surface area contributed by atoms with E-state index in [4.69, 9.17) is 15.2 Å². The van der Waals surface area contributed by atoms with Gasteiger partial charge in [-0.05, 0) is 18.6 Å². The molecule has 0 bridgehead atoms. The van der Waals surface area contributed by atoms with Gasteiger partial charge in [0.25, 0.3) is 5.91 Å². The molecular formula is C23H32N4O4. The number of nitrogen functional groups attached to an aromatic ring is 1. The summed E-state index contributed by atoms with van der Waals surface area (Å²) in [6.07, 6.45) is 9.54. The van der Waals surface area contributed by atoms with Crippen LogP contribution in [0.25, 0.3) is 0 Å². The molecule has 8 nitrogen and oxygen atoms in total. The van der Waals surface area contributed by atoms with E-state index in [2.05, 4.69) is 22.2 Å². The third kappa shape index (κ3) is 8.62. The molecule has 0 saturated heterocycles. The number of amides is 1. The molecule has 0 saturated carbocycles. The highest BCUT2D eigenvalue weighted by Crippen LogP contribution is 2.18. The number of aromatic nitrogens is 2. The lowest BCUT2D eigenvalue weighted by atomic mass is 10.1. The lowest BCUT2D eigenvalue weighted by Gasteiger charge is -2.10. The molecular weight excluding hydrogens is 396 g/mol. The molecule has 168 valence electrons. The van der Waals surface area contributed by atoms with Crippen molar-refractivity contribution in [1.82, 2.24) is 9.97 Å². The molecule has 2 aromatic rings. The van der Waals surface area contributed by atoms with Gasteiger partial charge in [-0.2, -0.15) is 0 Å². The van der Waals surface area contributed by atoms with Gasteiger partial charge in [-0.25, -0.2) is 14.8 Å². The molecule has 3 N–H and O–H groups in total. The molecule has 0 atom stereocenters. The zero-order valence-corrected chi connectivity index (χ0v) is 18.4. The standard InChI is InChI=1S/C23H32N4O4/c1-3-4-5-6-7-8-9-10-14-31-17-15-18(25-19(16-17)23(29)30-2)22(28)27-21-13-11-12-20(24)26-21/h11-13,15-16H,3-10,14H2,1-2H3,(H3,24,26,27,28). The van der Waals surface area contributed by atoms with Gasteiger partial charge in [0, 0.05) is 12.1 Å². The van der Waals surface area contributed by atoms with Gasteiger partial charge in [0.05, 0.1) is 13.7 Å². The van der Waals surface area contributed by atoms with Gasteiger partial charge in [-0.1, -0.05) is 57.9 Å². The summed E-state index contributed by atoms with van der Waals surface area (Å²) in [6.45, 7) is 2.71. The Labute approximate surface area is 183 Å². The summed E-state index contributed by atoms with van der Waals surface area (Å²) in [5.74, 6) is -0.210. The summed E-state index contributed by atoms with van der Waals surface area (Å²) in [5, 5.41) is 2.62. The van der Waals surface area contributed by atoms with E-state index in [-0.39, 0.29) is 23.0 Å². The zero-order chi connectivity index (χ0) is 22.5. The van der Waals surface area contributed by atoms with Gasteiger partial charge < -0.3 is 20.5 Å². The largest absolute Gasteiger partial charge is 0.493 e. The molecule has 31 heavy (non-hydrogen) atoms. The molecule has 0 aliphatic heterocycles. The van der Waals surface area contributed by atoms with Crippen LogP contribution in [0.3, 0.4) is 0 Å². The summed E-state index contributed by atoms with van der Waals surface area (Å²) >= 11 is 0. The van der Waals surface area contributed by atoms with E-state index in [0.717, 1.165) is 12.8 Å². The number of esters is 1. The number of nitrogens with zero attached hydrogens (tertiary/aromatic N) is 2. The quantitative estimate of drug-likeness (QED) is 0.353. The van der Waals surface area contributed by atoms with Crippen LogP contribution in [0, 0.1) is 0 Å². The van der Waals surface area contributed by atoms with E-state index in [0.29, 0.717) is 12.4 Å². The molecule has 0 aromatic carbocycles. The summed E-state index contributed by atoms with van der Waals surface area (Å²) in [7, 11) is 1.26. The summed E-state index contributed by atoms with van der Waals surface area (Å²) in [6, 6.07) is 7.88. The molecule has 1 amide bonds. The molecule has 0 unspecified atom stereocenters. The minimum Gasteiger partial charge on any atom is -0.493 e. The van der Waals surface area contributed by atoms with E-state index in [1.165, 1.54) is 57.8 Å². The Morgan fingerprint density at radius 1 is 0.968 bits per heavy atom. The first kappa shape index (κ1) is 24.1. The van der Waals surface area contributed by atoms with Crippen LogP contribution in [0.2, 0.25) is 0 Å². The number of nitrogens with two attached hydrogens (primary N) is 1. The number of nitrogens with one attached hydrogen (secondary N) is 1. The van der Waals surface area contributed by atoms with E-state index >= 15 is 0 Å². The molecule has 2 heterocycles. The predicted molar refractivity (Wildman–Crippen MR) is 120 cm³/mol. The molecule has 0 aliphatic rings. The Bertz CT molecular complexity index is 857. The second-order valence-corrected chi connectivity index (χ2v) is 7.29. The van der Waals surface area contributed by atoms with E-state index in [9.17, 15) is 9.59 Å². The zero-order valence-electron chi connectivity index (χ0n) is 18.4. The van der Waals surface area contributed by atoms with Gasteiger partial charge in [-0.3, -0.25) is 4.79 Å². The van der Waals surface area contributed by atoms with Crippen molar-refractivity contribution in [2.75, 3.05) is 24.8 Å². The number of hydrogen-bond acceptors (Lipinski definition) is 7. The fourth-order valence-corrected chi connectivity index (χ4v) is 3.04. The number of ether oxygens (including phenoxy) is 2. The topological polar surface area (TPSA) is 116 Å². The number of pyridine rings is 2. The van der Waals surface area contributed by atoms with Gasteiger partial charge in [0.1, 0.15) is 23.1 Å². The maximum absolute atomic E-state index is 12.6. The Hall–Kier alpha value is -3.16. The van der Waals surface area contributed by atoms with Gasteiger partial charge in [0.15, 0.2) is 5.69 Å². The minimum atomic E-state index is -0.645. The number of carbonyl (C=O) groups is 2. The van der Waals surface area contributed by atoms with Crippen LogP contribution >= 0.6 is 0 Å². The maximum atomic E-state index is 12.6. The Morgan fingerprint density at radius 2 is 1.65 bits per heavy atom. The highest BCUT2D eigenvalue weighted by molar-refractivity contribution is 6.03. The Kier molecular flexibility index (Phi) is 10.3. The third-order valence-electron chi connectivity index (χ3n) is 4.70. The van der Waals surface area contributed by atoms with Gasteiger partial charge in [-0.15, -0.1) is 0 Å². The fraction of sp³-hybridized carbons (Fsp3) is 0.478. The average Bonchev–Trinajstić information content (AvgIpc) is 2.77. The van der Waals surface area contributed by atoms with Crippen molar-refractivity contribution < 1.29 is 19.1 Å². The molecule has 0 radical (unpaired) electrons. The van der Waals surface area contributed by atoms with Gasteiger partial charge in [0.2, 0.25) is 0 Å². The van der Waals surface area contributed by atoms with Crippen LogP contribution < -0.4 is 15.8 Å². The van der Waals surface area contributed by atoms with E-state index in [1.807, 2.05) is 0 Å². The summed E-state index contributed by atoms with van der Waals surface area (Å²) in [4.78, 5) is 32.7. The molecule has 0 spiro atoms. The second-order valence-electron chi connectivity index (χ2n) is 7.29. The van der Waals surface area contributed by atoms with Crippen molar-refractivity contribution in [3.8, 4) is 5.75 Å². The Morgan fingerprint density at radius 3 is 2.32 bits per heavy atom. The Balaban J connectivity index is 1.94. The van der Waals surface area contributed by atoms with Gasteiger partial charge >= 0.3 is 5.97 Å². The lowest BCUT2D eigenvalue weighted by molar-refractivity contribution is 0.0593. The number of anilines is 2. The van der Waals surface area contributed by atoms with E-state index < -0.39 is 11.9 Å². The first-order valence-electron chi connectivity index (χ1n) is 10.8. The SMILES string of the molecule is CCCCCCCCCCOc1cc(C(=O)Nc2cccc(N)n2)nc(C(=O)OC)c1. The highest BCUT2D eigenvalue weighted by Gasteiger charge is 2.16. The monoisotopic (exact) mass is 428 g/mol. The number of unbranched alkanes of at least 4 members (excludes halogenated alkanes) is 7. The van der Waals surface area contributed by atoms with Crippen LogP contribution in [-0.4, -0.2) is 35.6 Å². The molecule has 2 aromatic heterocycles. The van der Waals surface area contributed by atoms with Crippen molar-refractivity contribution in [3.05, 3.63) is 41.7 Å². The van der Waals surface area contributed by atoms with Crippen LogP contribution in [-0.2, 0) is 4.74 Å². The smallest absolute Gasteiger partial charge is 0.356 e. The summed E-state index contributed by atoms with van der Waals surface area (Å²) in [5.41, 5.74) is 5.67. The highest BCUT2D eigenvalue weighted by atomic mass is 16.5. The van der Waals surface area contributed by atoms with Crippen LogP contribution in [0.5, 0.6) is 5.75 Å². The van der Waals surface area contributed by atoms with Crippen LogP contribution in [0.15, 0.2) is 30.3 Å². The van der Waals surface area contributed by atoms with Crippen molar-refractivity contribution in [2.24, 2.45) is 0 Å². The molecule has 2 rings (SSSR count). The summed E-state index contributed by atoms with van der Waals surface area (Å²) < 4.78 is 10.5. The van der Waals surface area contributed by atoms with Crippen LogP contribution in [0.4, 0.5) is 11.6 Å². The van der Waals surface area contributed by atoms with Crippen molar-refractivity contribution in [3.63, 3.8) is 0 Å². The molecule has 0 fully saturated rings. The number of rotatable bonds is 13. The first-order valence-corrected chi connectivity index (χ1v) is 10.8. The predicted octanol–water partition coefficient (Wildman–Crippen LogP) is 4.62. The first-order chi connectivity index (χ1) is 15.0.